The van der Waals surface area contributed by atoms with Gasteiger partial charge in [0.25, 0.3) is 0 Å². The van der Waals surface area contributed by atoms with E-state index in [-0.39, 0.29) is 11.4 Å². The fourth-order valence-corrected chi connectivity index (χ4v) is 4.99. The van der Waals surface area contributed by atoms with Gasteiger partial charge in [-0.2, -0.15) is 0 Å². The van der Waals surface area contributed by atoms with Gasteiger partial charge in [0, 0.05) is 11.8 Å². The van der Waals surface area contributed by atoms with Crippen LogP contribution >= 0.6 is 0 Å². The number of nitrogens with two attached hydrogens (primary N) is 1. The maximum atomic E-state index is 13.9. The normalized spacial score (nSPS) is 39.5. The van der Waals surface area contributed by atoms with E-state index in [0.29, 0.717) is 11.4 Å². The molecule has 0 aliphatic heterocycles. The highest BCUT2D eigenvalue weighted by Crippen LogP contribution is 2.57. The second kappa shape index (κ2) is 3.87. The maximum absolute atomic E-state index is 13.9. The van der Waals surface area contributed by atoms with Crippen LogP contribution in [0.25, 0.3) is 0 Å². The lowest BCUT2D eigenvalue weighted by Gasteiger charge is -2.56. The predicted molar refractivity (Wildman–Crippen MR) is 72.3 cm³/mol. The largest absolute Gasteiger partial charge is 0.484 e. The molecule has 2 N–H and O–H groups in total. The Balaban J connectivity index is 1.62. The standard InChI is InChI=1S/C16H20FNO/c17-14-6-13(18)1-2-15(14)19-16-7-10-3-11(8-16)5-12(4-10)9-16/h1-2,6,10-12H,3-5,7-9,18H2. The summed E-state index contributed by atoms with van der Waals surface area (Å²) in [6, 6.07) is 4.76. The van der Waals surface area contributed by atoms with Crippen molar-refractivity contribution >= 4 is 5.69 Å². The molecule has 0 aromatic heterocycles. The third-order valence-electron chi connectivity index (χ3n) is 5.26. The van der Waals surface area contributed by atoms with E-state index in [0.717, 1.165) is 37.0 Å². The van der Waals surface area contributed by atoms with Crippen molar-refractivity contribution in [3.8, 4) is 5.75 Å². The van der Waals surface area contributed by atoms with Gasteiger partial charge in [-0.3, -0.25) is 0 Å². The van der Waals surface area contributed by atoms with E-state index in [1.54, 1.807) is 12.1 Å². The minimum Gasteiger partial charge on any atom is -0.484 e. The third kappa shape index (κ3) is 1.90. The molecule has 0 spiro atoms. The average molecular weight is 261 g/mol. The number of benzene rings is 1. The van der Waals surface area contributed by atoms with Crippen LogP contribution in [0.1, 0.15) is 38.5 Å². The van der Waals surface area contributed by atoms with E-state index in [9.17, 15) is 4.39 Å². The number of ether oxygens (including phenoxy) is 1. The van der Waals surface area contributed by atoms with Crippen LogP contribution in [-0.2, 0) is 0 Å². The molecule has 0 atom stereocenters. The summed E-state index contributed by atoms with van der Waals surface area (Å²) in [4.78, 5) is 0. The lowest BCUT2D eigenvalue weighted by molar-refractivity contribution is -0.109. The molecule has 102 valence electrons. The van der Waals surface area contributed by atoms with Crippen LogP contribution in [0, 0.1) is 23.6 Å². The van der Waals surface area contributed by atoms with E-state index in [2.05, 4.69) is 0 Å². The minimum atomic E-state index is -0.323. The summed E-state index contributed by atoms with van der Waals surface area (Å²) in [7, 11) is 0. The van der Waals surface area contributed by atoms with Crippen molar-refractivity contribution < 1.29 is 9.13 Å². The fourth-order valence-electron chi connectivity index (χ4n) is 4.99. The van der Waals surface area contributed by atoms with Crippen molar-refractivity contribution in [2.75, 3.05) is 5.73 Å². The molecular formula is C16H20FNO. The highest BCUT2D eigenvalue weighted by atomic mass is 19.1. The van der Waals surface area contributed by atoms with E-state index < -0.39 is 0 Å². The van der Waals surface area contributed by atoms with Gasteiger partial charge in [-0.25, -0.2) is 4.39 Å². The van der Waals surface area contributed by atoms with E-state index in [4.69, 9.17) is 10.5 Å². The van der Waals surface area contributed by atoms with Crippen LogP contribution in [0.5, 0.6) is 5.75 Å². The van der Waals surface area contributed by atoms with Crippen LogP contribution in [0.2, 0.25) is 0 Å². The Labute approximate surface area is 113 Å². The highest BCUT2D eigenvalue weighted by Gasteiger charge is 2.52. The quantitative estimate of drug-likeness (QED) is 0.823. The first kappa shape index (κ1) is 11.6. The zero-order chi connectivity index (χ0) is 13.0. The smallest absolute Gasteiger partial charge is 0.167 e. The summed E-state index contributed by atoms with van der Waals surface area (Å²) in [5, 5.41) is 0. The molecule has 0 unspecified atom stereocenters. The number of hydrogen-bond donors (Lipinski definition) is 1. The third-order valence-corrected chi connectivity index (χ3v) is 5.26. The summed E-state index contributed by atoms with van der Waals surface area (Å²) >= 11 is 0. The first-order chi connectivity index (χ1) is 9.12. The number of rotatable bonds is 2. The van der Waals surface area contributed by atoms with E-state index >= 15 is 0 Å². The van der Waals surface area contributed by atoms with Crippen LogP contribution in [0.3, 0.4) is 0 Å². The van der Waals surface area contributed by atoms with Crippen molar-refractivity contribution in [2.45, 2.75) is 44.1 Å². The van der Waals surface area contributed by atoms with Crippen LogP contribution in [0.4, 0.5) is 10.1 Å². The van der Waals surface area contributed by atoms with Gasteiger partial charge in [0.1, 0.15) is 5.60 Å². The van der Waals surface area contributed by atoms with Crippen molar-refractivity contribution in [2.24, 2.45) is 17.8 Å². The van der Waals surface area contributed by atoms with Crippen LogP contribution in [-0.4, -0.2) is 5.60 Å². The summed E-state index contributed by atoms with van der Waals surface area (Å²) in [6.07, 6.45) is 7.45. The molecule has 0 saturated heterocycles. The van der Waals surface area contributed by atoms with Gasteiger partial charge in [0.2, 0.25) is 0 Å². The van der Waals surface area contributed by atoms with E-state index in [1.165, 1.54) is 25.3 Å². The number of hydrogen-bond acceptors (Lipinski definition) is 2. The highest BCUT2D eigenvalue weighted by molar-refractivity contribution is 5.43. The van der Waals surface area contributed by atoms with Crippen LogP contribution < -0.4 is 10.5 Å². The zero-order valence-corrected chi connectivity index (χ0v) is 11.1. The summed E-state index contributed by atoms with van der Waals surface area (Å²) < 4.78 is 20.1. The predicted octanol–water partition coefficient (Wildman–Crippen LogP) is 3.76. The SMILES string of the molecule is Nc1ccc(OC23CC4CC(CC(C4)C2)C3)c(F)c1. The monoisotopic (exact) mass is 261 g/mol. The first-order valence-corrected chi connectivity index (χ1v) is 7.36. The molecular weight excluding hydrogens is 241 g/mol. The molecule has 5 rings (SSSR count). The Bertz CT molecular complexity index is 478. The molecule has 19 heavy (non-hydrogen) atoms. The van der Waals surface area contributed by atoms with Gasteiger partial charge in [0.15, 0.2) is 11.6 Å². The Hall–Kier alpha value is -1.25. The van der Waals surface area contributed by atoms with Gasteiger partial charge in [0.05, 0.1) is 0 Å². The summed E-state index contributed by atoms with van der Waals surface area (Å²) in [5.41, 5.74) is 5.96. The second-order valence-electron chi connectivity index (χ2n) is 6.89. The van der Waals surface area contributed by atoms with Gasteiger partial charge >= 0.3 is 0 Å². The van der Waals surface area contributed by atoms with Gasteiger partial charge in [-0.15, -0.1) is 0 Å². The van der Waals surface area contributed by atoms with Gasteiger partial charge < -0.3 is 10.5 Å². The van der Waals surface area contributed by atoms with Gasteiger partial charge in [-0.1, -0.05) is 0 Å². The fraction of sp³-hybridized carbons (Fsp3) is 0.625. The maximum Gasteiger partial charge on any atom is 0.167 e. The molecule has 0 amide bonds. The first-order valence-electron chi connectivity index (χ1n) is 7.36. The molecule has 3 heteroatoms. The molecule has 4 fully saturated rings. The van der Waals surface area contributed by atoms with Crippen molar-refractivity contribution in [1.82, 2.24) is 0 Å². The molecule has 4 aliphatic rings. The van der Waals surface area contributed by atoms with Crippen LogP contribution in [0.15, 0.2) is 18.2 Å². The van der Waals surface area contributed by atoms with Crippen molar-refractivity contribution in [3.05, 3.63) is 24.0 Å². The molecule has 4 aliphatic carbocycles. The summed E-state index contributed by atoms with van der Waals surface area (Å²) in [5.74, 6) is 2.49. The Kier molecular flexibility index (Phi) is 2.36. The molecule has 1 aromatic rings. The Morgan fingerprint density at radius 2 is 1.63 bits per heavy atom. The number of anilines is 1. The van der Waals surface area contributed by atoms with Crippen molar-refractivity contribution in [1.29, 1.82) is 0 Å². The molecule has 4 saturated carbocycles. The molecule has 2 nitrogen and oxygen atoms in total. The second-order valence-corrected chi connectivity index (χ2v) is 6.89. The summed E-state index contributed by atoms with van der Waals surface area (Å²) in [6.45, 7) is 0. The lowest BCUT2D eigenvalue weighted by atomic mass is 9.54. The molecule has 0 radical (unpaired) electrons. The number of halogens is 1. The molecule has 0 heterocycles. The minimum absolute atomic E-state index is 0.0916. The zero-order valence-electron chi connectivity index (χ0n) is 11.1. The lowest BCUT2D eigenvalue weighted by Crippen LogP contribution is -2.53. The number of nitrogen functional groups attached to an aromatic ring is 1. The topological polar surface area (TPSA) is 35.2 Å². The Morgan fingerprint density at radius 1 is 1.05 bits per heavy atom. The van der Waals surface area contributed by atoms with E-state index in [1.807, 2.05) is 0 Å². The Morgan fingerprint density at radius 3 is 2.16 bits per heavy atom. The van der Waals surface area contributed by atoms with Gasteiger partial charge in [-0.05, 0) is 68.4 Å². The average Bonchev–Trinajstić information content (AvgIpc) is 2.31. The van der Waals surface area contributed by atoms with Crippen molar-refractivity contribution in [3.63, 3.8) is 0 Å². The molecule has 4 bridgehead atoms. The molecule has 1 aromatic carbocycles.